The van der Waals surface area contributed by atoms with Crippen molar-refractivity contribution in [2.45, 2.75) is 24.7 Å². The third-order valence-corrected chi connectivity index (χ3v) is 7.80. The van der Waals surface area contributed by atoms with Crippen molar-refractivity contribution in [2.24, 2.45) is 0 Å². The molecule has 3 heterocycles. The Morgan fingerprint density at radius 3 is 2.61 bits per heavy atom. The molecular formula is C27H22N6OS2. The topological polar surface area (TPSA) is 85.6 Å². The normalized spacial score (nSPS) is 11.4. The summed E-state index contributed by atoms with van der Waals surface area (Å²) in [5, 5.41) is 14.1. The van der Waals surface area contributed by atoms with Crippen LogP contribution in [0.4, 0.5) is 0 Å². The van der Waals surface area contributed by atoms with Crippen molar-refractivity contribution in [1.29, 1.82) is 0 Å². The number of thioether (sulfide) groups is 1. The Bertz CT molecular complexity index is 1650. The number of amides is 1. The molecule has 0 aliphatic heterocycles. The first-order chi connectivity index (χ1) is 17.7. The first-order valence-electron chi connectivity index (χ1n) is 11.6. The van der Waals surface area contributed by atoms with Gasteiger partial charge in [-0.2, -0.15) is 0 Å². The molecule has 0 atom stereocenters. The number of thiazole rings is 1. The highest BCUT2D eigenvalue weighted by atomic mass is 32.2. The fraction of sp³-hybridized carbons (Fsp3) is 0.148. The van der Waals surface area contributed by atoms with Gasteiger partial charge in [-0.1, -0.05) is 72.4 Å². The van der Waals surface area contributed by atoms with Crippen molar-refractivity contribution in [3.05, 3.63) is 89.4 Å². The zero-order valence-electron chi connectivity index (χ0n) is 19.3. The van der Waals surface area contributed by atoms with Crippen molar-refractivity contribution in [3.8, 4) is 0 Å². The van der Waals surface area contributed by atoms with E-state index in [0.717, 1.165) is 50.3 Å². The van der Waals surface area contributed by atoms with E-state index in [9.17, 15) is 4.79 Å². The SMILES string of the molecule is O=C(CSc1nnc2c3ccccc3n(CCc3ccccc3)c2n1)NCc1nc2ccccc2s1. The molecule has 178 valence electrons. The summed E-state index contributed by atoms with van der Waals surface area (Å²) in [6.45, 7) is 1.18. The number of aryl methyl sites for hydroxylation is 2. The summed E-state index contributed by atoms with van der Waals surface area (Å²) in [6.07, 6.45) is 0.884. The Hall–Kier alpha value is -3.82. The number of benzene rings is 3. The van der Waals surface area contributed by atoms with Crippen LogP contribution in [0.25, 0.3) is 32.3 Å². The third-order valence-electron chi connectivity index (χ3n) is 5.93. The van der Waals surface area contributed by atoms with Crippen LogP contribution < -0.4 is 5.32 Å². The molecule has 0 fully saturated rings. The molecule has 0 saturated carbocycles. The second-order valence-corrected chi connectivity index (χ2v) is 10.4. The average Bonchev–Trinajstić information content (AvgIpc) is 3.48. The molecule has 7 nitrogen and oxygen atoms in total. The van der Waals surface area contributed by atoms with Crippen LogP contribution in [0.15, 0.2) is 84.0 Å². The number of hydrogen-bond acceptors (Lipinski definition) is 7. The smallest absolute Gasteiger partial charge is 0.230 e. The lowest BCUT2D eigenvalue weighted by Gasteiger charge is -2.07. The van der Waals surface area contributed by atoms with E-state index in [2.05, 4.69) is 61.5 Å². The lowest BCUT2D eigenvalue weighted by molar-refractivity contribution is -0.118. The van der Waals surface area contributed by atoms with Crippen molar-refractivity contribution in [1.82, 2.24) is 30.0 Å². The zero-order valence-corrected chi connectivity index (χ0v) is 20.9. The quantitative estimate of drug-likeness (QED) is 0.282. The number of fused-ring (bicyclic) bond motifs is 4. The number of rotatable bonds is 8. The van der Waals surface area contributed by atoms with Crippen molar-refractivity contribution < 1.29 is 4.79 Å². The van der Waals surface area contributed by atoms with Crippen molar-refractivity contribution >= 4 is 61.3 Å². The Morgan fingerprint density at radius 2 is 1.72 bits per heavy atom. The molecular weight excluding hydrogens is 488 g/mol. The molecule has 0 radical (unpaired) electrons. The van der Waals surface area contributed by atoms with E-state index in [1.54, 1.807) is 11.3 Å². The summed E-state index contributed by atoms with van der Waals surface area (Å²) < 4.78 is 3.32. The molecule has 1 N–H and O–H groups in total. The average molecular weight is 511 g/mol. The van der Waals surface area contributed by atoms with Gasteiger partial charge in [0, 0.05) is 11.9 Å². The number of carbonyl (C=O) groups excluding carboxylic acids is 1. The maximum atomic E-state index is 12.5. The zero-order chi connectivity index (χ0) is 24.3. The van der Waals surface area contributed by atoms with E-state index in [-0.39, 0.29) is 11.7 Å². The Kier molecular flexibility index (Phi) is 6.31. The second kappa shape index (κ2) is 10.0. The molecule has 6 aromatic rings. The summed E-state index contributed by atoms with van der Waals surface area (Å²) in [6, 6.07) is 26.6. The number of nitrogens with one attached hydrogen (secondary N) is 1. The van der Waals surface area contributed by atoms with Crippen LogP contribution in [-0.2, 0) is 24.3 Å². The van der Waals surface area contributed by atoms with Gasteiger partial charge in [0.15, 0.2) is 5.65 Å². The Labute approximate surface area is 215 Å². The maximum absolute atomic E-state index is 12.5. The van der Waals surface area contributed by atoms with Gasteiger partial charge in [0.1, 0.15) is 10.5 Å². The van der Waals surface area contributed by atoms with E-state index < -0.39 is 0 Å². The molecule has 0 aliphatic carbocycles. The minimum atomic E-state index is -0.0902. The monoisotopic (exact) mass is 510 g/mol. The van der Waals surface area contributed by atoms with Gasteiger partial charge in [-0.25, -0.2) is 9.97 Å². The van der Waals surface area contributed by atoms with Gasteiger partial charge in [-0.3, -0.25) is 4.79 Å². The van der Waals surface area contributed by atoms with Crippen LogP contribution in [0.1, 0.15) is 10.6 Å². The largest absolute Gasteiger partial charge is 0.349 e. The highest BCUT2D eigenvalue weighted by molar-refractivity contribution is 7.99. The molecule has 0 saturated heterocycles. The van der Waals surface area contributed by atoms with Crippen LogP contribution in [0, 0.1) is 0 Å². The molecule has 0 unspecified atom stereocenters. The number of nitrogens with zero attached hydrogens (tertiary/aromatic N) is 5. The van der Waals surface area contributed by atoms with E-state index in [1.807, 2.05) is 42.5 Å². The minimum absolute atomic E-state index is 0.0902. The fourth-order valence-corrected chi connectivity index (χ4v) is 5.73. The Balaban J connectivity index is 1.17. The Morgan fingerprint density at radius 1 is 0.917 bits per heavy atom. The lowest BCUT2D eigenvalue weighted by atomic mass is 10.1. The van der Waals surface area contributed by atoms with Crippen molar-refractivity contribution in [2.75, 3.05) is 5.75 Å². The molecule has 6 rings (SSSR count). The number of aromatic nitrogens is 5. The molecule has 0 spiro atoms. The summed E-state index contributed by atoms with van der Waals surface area (Å²) in [4.78, 5) is 21.9. The first kappa shape index (κ1) is 22.6. The molecule has 3 aromatic carbocycles. The molecule has 3 aromatic heterocycles. The van der Waals surface area contributed by atoms with Crippen LogP contribution in [0.3, 0.4) is 0 Å². The summed E-state index contributed by atoms with van der Waals surface area (Å²) in [7, 11) is 0. The number of carbonyl (C=O) groups is 1. The second-order valence-electron chi connectivity index (χ2n) is 8.31. The van der Waals surface area contributed by atoms with Crippen LogP contribution in [-0.4, -0.2) is 36.4 Å². The van der Waals surface area contributed by atoms with Gasteiger partial charge in [-0.15, -0.1) is 21.5 Å². The molecule has 0 aliphatic rings. The number of para-hydroxylation sites is 2. The minimum Gasteiger partial charge on any atom is -0.349 e. The molecule has 36 heavy (non-hydrogen) atoms. The fourth-order valence-electron chi connectivity index (χ4n) is 4.21. The predicted octanol–water partition coefficient (Wildman–Crippen LogP) is 5.24. The van der Waals surface area contributed by atoms with Crippen LogP contribution in [0.2, 0.25) is 0 Å². The number of hydrogen-bond donors (Lipinski definition) is 1. The van der Waals surface area contributed by atoms with Gasteiger partial charge in [-0.05, 0) is 30.2 Å². The highest BCUT2D eigenvalue weighted by Gasteiger charge is 2.16. The third kappa shape index (κ3) is 4.67. The summed E-state index contributed by atoms with van der Waals surface area (Å²) in [5.41, 5.74) is 4.88. The first-order valence-corrected chi connectivity index (χ1v) is 13.4. The van der Waals surface area contributed by atoms with E-state index in [4.69, 9.17) is 4.98 Å². The maximum Gasteiger partial charge on any atom is 0.230 e. The predicted molar refractivity (Wildman–Crippen MR) is 145 cm³/mol. The van der Waals surface area contributed by atoms with E-state index in [1.165, 1.54) is 17.3 Å². The van der Waals surface area contributed by atoms with Gasteiger partial charge < -0.3 is 9.88 Å². The van der Waals surface area contributed by atoms with E-state index in [0.29, 0.717) is 11.7 Å². The molecule has 9 heteroatoms. The molecule has 1 amide bonds. The van der Waals surface area contributed by atoms with Gasteiger partial charge in [0.25, 0.3) is 0 Å². The van der Waals surface area contributed by atoms with Gasteiger partial charge in [0.05, 0.1) is 28.0 Å². The van der Waals surface area contributed by atoms with Gasteiger partial charge in [0.2, 0.25) is 11.1 Å². The van der Waals surface area contributed by atoms with Crippen molar-refractivity contribution in [3.63, 3.8) is 0 Å². The summed E-state index contributed by atoms with van der Waals surface area (Å²) >= 11 is 2.88. The summed E-state index contributed by atoms with van der Waals surface area (Å²) in [5.74, 6) is 0.120. The lowest BCUT2D eigenvalue weighted by Crippen LogP contribution is -2.24. The molecule has 0 bridgehead atoms. The van der Waals surface area contributed by atoms with Gasteiger partial charge >= 0.3 is 0 Å². The van der Waals surface area contributed by atoms with Crippen LogP contribution in [0.5, 0.6) is 0 Å². The van der Waals surface area contributed by atoms with Crippen LogP contribution >= 0.6 is 23.1 Å². The van der Waals surface area contributed by atoms with E-state index >= 15 is 0 Å². The standard InChI is InChI=1S/C27H22N6OS2/c34-23(28-16-24-29-20-11-5-7-13-22(20)36-24)17-35-27-30-26-25(31-32-27)19-10-4-6-12-21(19)33(26)15-14-18-8-2-1-3-9-18/h1-13H,14-17H2,(H,28,34). The highest BCUT2D eigenvalue weighted by Crippen LogP contribution is 2.27.